The number of carbonyl (C=O) groups is 1. The zero-order valence-corrected chi connectivity index (χ0v) is 30.1. The number of likely N-dealkylation sites (tertiary alicyclic amines) is 2. The number of amides is 1. The Morgan fingerprint density at radius 1 is 1.00 bits per heavy atom. The molecule has 47 heavy (non-hydrogen) atoms. The minimum absolute atomic E-state index is 0.107. The molecule has 0 radical (unpaired) electrons. The molecule has 6 atom stereocenters. The number of hydrogen-bond acceptors (Lipinski definition) is 4. The quantitative estimate of drug-likeness (QED) is 0.197. The molecule has 2 heterocycles. The Labute approximate surface area is 283 Å². The molecule has 0 aromatic heterocycles. The van der Waals surface area contributed by atoms with Gasteiger partial charge in [0.25, 0.3) is 5.91 Å². The Hall–Kier alpha value is -3.09. The fourth-order valence-electron chi connectivity index (χ4n) is 10.9. The molecular formula is C41H53N3O2Si. The Bertz CT molecular complexity index is 1640. The number of fused-ring (bicyclic) bond motifs is 1. The maximum absolute atomic E-state index is 14.0. The standard InChI is InChI=1S/C41H53N3O2Si/c1-39(2,3)47(4,5)46-33-18-17-30-25-36-40-20-19-35-37(31(27-40)28-44(35)38(45)29-13-8-6-9-14-29)41(40,34(30)26-33)21-24-43(36)23-12-22-42-32-15-10-7-11-16-32/h6-11,13-18,26,31,35-37,42H,12,19-25,27-28H2,1-5H3/t31-,35?,36?,37?,40?,41?/m1/s1. The summed E-state index contributed by atoms with van der Waals surface area (Å²) < 4.78 is 7.00. The van der Waals surface area contributed by atoms with Crippen molar-refractivity contribution in [3.63, 3.8) is 0 Å². The highest BCUT2D eigenvalue weighted by atomic mass is 28.4. The Balaban J connectivity index is 1.14. The van der Waals surface area contributed by atoms with Crippen molar-refractivity contribution in [3.8, 4) is 5.75 Å². The minimum atomic E-state index is -1.99. The first kappa shape index (κ1) is 31.2. The number of rotatable bonds is 8. The van der Waals surface area contributed by atoms with Gasteiger partial charge in [-0.2, -0.15) is 0 Å². The number of nitrogens with one attached hydrogen (secondary N) is 1. The van der Waals surface area contributed by atoms with Crippen LogP contribution in [0.3, 0.4) is 0 Å². The molecule has 248 valence electrons. The third-order valence-corrected chi connectivity index (χ3v) is 18.1. The summed E-state index contributed by atoms with van der Waals surface area (Å²) in [6.45, 7) is 15.9. The first-order valence-corrected chi connectivity index (χ1v) is 21.2. The lowest BCUT2D eigenvalue weighted by atomic mass is 9.43. The number of benzene rings is 3. The summed E-state index contributed by atoms with van der Waals surface area (Å²) in [7, 11) is -1.99. The number of carbonyl (C=O) groups excluding carboxylic acids is 1. The molecule has 3 aliphatic carbocycles. The van der Waals surface area contributed by atoms with Crippen molar-refractivity contribution in [1.29, 1.82) is 0 Å². The van der Waals surface area contributed by atoms with Crippen molar-refractivity contribution in [2.45, 2.75) is 94.9 Å². The number of nitrogens with zero attached hydrogens (tertiary/aromatic N) is 2. The van der Waals surface area contributed by atoms with Crippen LogP contribution in [0, 0.1) is 17.3 Å². The number of piperidine rings is 1. The normalized spacial score (nSPS) is 30.9. The molecule has 2 aliphatic heterocycles. The van der Waals surface area contributed by atoms with Crippen LogP contribution in [-0.2, 0) is 11.8 Å². The molecule has 1 amide bonds. The van der Waals surface area contributed by atoms with Crippen molar-refractivity contribution >= 4 is 19.9 Å². The van der Waals surface area contributed by atoms with E-state index in [0.29, 0.717) is 23.9 Å². The van der Waals surface area contributed by atoms with Gasteiger partial charge in [-0.1, -0.05) is 63.2 Å². The summed E-state index contributed by atoms with van der Waals surface area (Å²) in [5.74, 6) is 2.39. The fraction of sp³-hybridized carbons (Fsp3) is 0.537. The van der Waals surface area contributed by atoms with Gasteiger partial charge in [0.1, 0.15) is 5.75 Å². The molecule has 3 aromatic rings. The van der Waals surface area contributed by atoms with E-state index in [1.807, 2.05) is 30.3 Å². The van der Waals surface area contributed by atoms with Crippen LogP contribution in [0.1, 0.15) is 74.4 Å². The highest BCUT2D eigenvalue weighted by Crippen LogP contribution is 2.75. The molecule has 4 fully saturated rings. The lowest BCUT2D eigenvalue weighted by Crippen LogP contribution is -2.69. The second kappa shape index (κ2) is 11.2. The van der Waals surface area contributed by atoms with E-state index in [1.54, 1.807) is 5.56 Å². The molecule has 8 rings (SSSR count). The van der Waals surface area contributed by atoms with Crippen molar-refractivity contribution in [1.82, 2.24) is 9.80 Å². The van der Waals surface area contributed by atoms with Gasteiger partial charge in [-0.05, 0) is 128 Å². The van der Waals surface area contributed by atoms with E-state index in [4.69, 9.17) is 4.43 Å². The van der Waals surface area contributed by atoms with Gasteiger partial charge in [0.15, 0.2) is 0 Å². The molecule has 6 heteroatoms. The minimum Gasteiger partial charge on any atom is -0.543 e. The summed E-state index contributed by atoms with van der Waals surface area (Å²) in [6, 6.07) is 28.8. The lowest BCUT2D eigenvalue weighted by Gasteiger charge is -2.66. The van der Waals surface area contributed by atoms with Gasteiger partial charge >= 0.3 is 0 Å². The number of anilines is 1. The van der Waals surface area contributed by atoms with Crippen molar-refractivity contribution in [2.75, 3.05) is 31.5 Å². The second-order valence-corrected chi connectivity index (χ2v) is 21.6. The average Bonchev–Trinajstić information content (AvgIpc) is 3.50. The van der Waals surface area contributed by atoms with Crippen LogP contribution < -0.4 is 9.74 Å². The smallest absolute Gasteiger partial charge is 0.254 e. The van der Waals surface area contributed by atoms with E-state index in [-0.39, 0.29) is 21.8 Å². The molecule has 0 spiro atoms. The van der Waals surface area contributed by atoms with Crippen LogP contribution in [-0.4, -0.2) is 62.3 Å². The van der Waals surface area contributed by atoms with Gasteiger partial charge < -0.3 is 14.6 Å². The maximum Gasteiger partial charge on any atom is 0.254 e. The SMILES string of the molecule is CC(C)(C)[Si](C)(C)Oc1ccc2c(c1)C13CCN(CCCNc4ccccc4)C(C2)C12CCC1C3[C@@H](CN1C(=O)c1ccccc1)C2. The largest absolute Gasteiger partial charge is 0.543 e. The van der Waals surface area contributed by atoms with E-state index < -0.39 is 8.32 Å². The van der Waals surface area contributed by atoms with E-state index in [2.05, 4.69) is 97.5 Å². The van der Waals surface area contributed by atoms with Crippen LogP contribution in [0.25, 0.3) is 0 Å². The van der Waals surface area contributed by atoms with Gasteiger partial charge in [0.05, 0.1) is 0 Å². The molecule has 2 saturated carbocycles. The summed E-state index contributed by atoms with van der Waals surface area (Å²) in [6.07, 6.45) is 7.09. The van der Waals surface area contributed by atoms with Gasteiger partial charge in [-0.3, -0.25) is 9.69 Å². The second-order valence-electron chi connectivity index (χ2n) is 16.9. The molecular weight excluding hydrogens is 595 g/mol. The summed E-state index contributed by atoms with van der Waals surface area (Å²) in [4.78, 5) is 19.2. The molecule has 4 bridgehead atoms. The first-order valence-electron chi connectivity index (χ1n) is 18.3. The Kier molecular flexibility index (Phi) is 7.45. The van der Waals surface area contributed by atoms with Gasteiger partial charge in [0.2, 0.25) is 8.32 Å². The van der Waals surface area contributed by atoms with Crippen LogP contribution in [0.2, 0.25) is 18.1 Å². The highest BCUT2D eigenvalue weighted by molar-refractivity contribution is 6.74. The molecule has 5 nitrogen and oxygen atoms in total. The first-order chi connectivity index (χ1) is 22.5. The summed E-state index contributed by atoms with van der Waals surface area (Å²) in [5.41, 5.74) is 5.55. The zero-order valence-electron chi connectivity index (χ0n) is 29.1. The van der Waals surface area contributed by atoms with Gasteiger partial charge in [-0.15, -0.1) is 0 Å². The highest BCUT2D eigenvalue weighted by Gasteiger charge is 2.76. The Morgan fingerprint density at radius 3 is 2.49 bits per heavy atom. The van der Waals surface area contributed by atoms with Crippen molar-refractivity contribution in [2.24, 2.45) is 17.3 Å². The third kappa shape index (κ3) is 4.75. The molecule has 5 aliphatic rings. The molecule has 2 saturated heterocycles. The number of para-hydroxylation sites is 1. The van der Waals surface area contributed by atoms with Crippen LogP contribution in [0.15, 0.2) is 78.9 Å². The predicted molar refractivity (Wildman–Crippen MR) is 194 cm³/mol. The fourth-order valence-corrected chi connectivity index (χ4v) is 11.9. The van der Waals surface area contributed by atoms with Crippen LogP contribution >= 0.6 is 0 Å². The molecule has 3 aromatic carbocycles. The maximum atomic E-state index is 14.0. The summed E-state index contributed by atoms with van der Waals surface area (Å²) in [5, 5.41) is 3.80. The van der Waals surface area contributed by atoms with Crippen LogP contribution in [0.5, 0.6) is 5.75 Å². The summed E-state index contributed by atoms with van der Waals surface area (Å²) >= 11 is 0. The predicted octanol–water partition coefficient (Wildman–Crippen LogP) is 8.38. The Morgan fingerprint density at radius 2 is 1.74 bits per heavy atom. The van der Waals surface area contributed by atoms with E-state index in [1.165, 1.54) is 30.5 Å². The average molecular weight is 648 g/mol. The van der Waals surface area contributed by atoms with Gasteiger partial charge in [0, 0.05) is 48.4 Å². The molecule has 5 unspecified atom stereocenters. The van der Waals surface area contributed by atoms with Crippen LogP contribution in [0.4, 0.5) is 5.69 Å². The van der Waals surface area contributed by atoms with Gasteiger partial charge in [-0.25, -0.2) is 0 Å². The number of hydrogen-bond donors (Lipinski definition) is 1. The monoisotopic (exact) mass is 647 g/mol. The van der Waals surface area contributed by atoms with E-state index in [9.17, 15) is 4.79 Å². The molecule has 1 N–H and O–H groups in total. The van der Waals surface area contributed by atoms with Crippen molar-refractivity contribution in [3.05, 3.63) is 95.6 Å². The lowest BCUT2D eigenvalue weighted by molar-refractivity contribution is -0.101. The topological polar surface area (TPSA) is 44.8 Å². The van der Waals surface area contributed by atoms with Crippen molar-refractivity contribution < 1.29 is 9.22 Å². The van der Waals surface area contributed by atoms with E-state index >= 15 is 0 Å². The van der Waals surface area contributed by atoms with E-state index in [0.717, 1.165) is 56.8 Å². The third-order valence-electron chi connectivity index (χ3n) is 13.8. The zero-order chi connectivity index (χ0) is 32.6.